The van der Waals surface area contributed by atoms with E-state index in [0.717, 1.165) is 17.7 Å². The molecule has 1 N–H and O–H groups in total. The first kappa shape index (κ1) is 15.6. The highest BCUT2D eigenvalue weighted by Gasteiger charge is 2.14. The smallest absolute Gasteiger partial charge is 0.161 e. The van der Waals surface area contributed by atoms with Crippen LogP contribution in [0.4, 0.5) is 13.2 Å². The Bertz CT molecular complexity index is 828. The number of nitrogens with zero attached hydrogens (tertiary/aromatic N) is 2. The molecule has 0 saturated carbocycles. The topological polar surface area (TPSA) is 38.0 Å². The molecule has 1 aromatic heterocycles. The average Bonchev–Trinajstić information content (AvgIpc) is 2.84. The Labute approximate surface area is 131 Å². The van der Waals surface area contributed by atoms with E-state index in [1.54, 1.807) is 16.7 Å². The second-order valence-electron chi connectivity index (χ2n) is 5.32. The highest BCUT2D eigenvalue weighted by Crippen LogP contribution is 2.22. The van der Waals surface area contributed by atoms with E-state index >= 15 is 0 Å². The molecule has 23 heavy (non-hydrogen) atoms. The van der Waals surface area contributed by atoms with Gasteiger partial charge in [0.25, 0.3) is 0 Å². The number of hydrogen-bond acceptors (Lipinski definition) is 2. The largest absolute Gasteiger partial charge is 0.396 e. The van der Waals surface area contributed by atoms with Crippen LogP contribution in [0.1, 0.15) is 17.8 Å². The maximum Gasteiger partial charge on any atom is 0.161 e. The third kappa shape index (κ3) is 3.22. The third-order valence-electron chi connectivity index (χ3n) is 3.68. The molecule has 0 bridgehead atoms. The van der Waals surface area contributed by atoms with Crippen molar-refractivity contribution >= 4 is 11.0 Å². The van der Waals surface area contributed by atoms with Crippen LogP contribution in [0.15, 0.2) is 36.4 Å². The van der Waals surface area contributed by atoms with Crippen LogP contribution in [0.5, 0.6) is 0 Å². The maximum absolute atomic E-state index is 13.5. The summed E-state index contributed by atoms with van der Waals surface area (Å²) in [5, 5.41) is 9.04. The Morgan fingerprint density at radius 1 is 1.00 bits per heavy atom. The molecule has 0 amide bonds. The van der Waals surface area contributed by atoms with Crippen LogP contribution in [0.2, 0.25) is 0 Å². The number of imidazole rings is 1. The van der Waals surface area contributed by atoms with Crippen LogP contribution in [0.25, 0.3) is 11.0 Å². The minimum absolute atomic E-state index is 0.0145. The molecule has 0 aliphatic carbocycles. The van der Waals surface area contributed by atoms with Crippen LogP contribution in [0.3, 0.4) is 0 Å². The maximum atomic E-state index is 13.5. The van der Waals surface area contributed by atoms with E-state index in [9.17, 15) is 13.2 Å². The molecule has 1 heterocycles. The van der Waals surface area contributed by atoms with Gasteiger partial charge in [0.15, 0.2) is 11.6 Å². The van der Waals surface area contributed by atoms with E-state index in [1.165, 1.54) is 12.1 Å². The number of aliphatic hydroxyl groups is 1. The Balaban J connectivity index is 2.04. The molecule has 2 aromatic carbocycles. The van der Waals surface area contributed by atoms with Gasteiger partial charge in [0.1, 0.15) is 11.6 Å². The highest BCUT2D eigenvalue weighted by molar-refractivity contribution is 5.76. The summed E-state index contributed by atoms with van der Waals surface area (Å²) in [6.45, 7) is 0.425. The molecule has 0 aliphatic heterocycles. The summed E-state index contributed by atoms with van der Waals surface area (Å²) in [6, 6.07) is 8.18. The summed E-state index contributed by atoms with van der Waals surface area (Å²) >= 11 is 0. The molecule has 0 spiro atoms. The van der Waals surface area contributed by atoms with Gasteiger partial charge in [-0.3, -0.25) is 0 Å². The number of benzene rings is 2. The van der Waals surface area contributed by atoms with E-state index in [2.05, 4.69) is 4.98 Å². The summed E-state index contributed by atoms with van der Waals surface area (Å²) < 4.78 is 41.7. The van der Waals surface area contributed by atoms with Gasteiger partial charge in [0.2, 0.25) is 0 Å². The van der Waals surface area contributed by atoms with Crippen LogP contribution in [0, 0.1) is 17.5 Å². The zero-order chi connectivity index (χ0) is 16.4. The highest BCUT2D eigenvalue weighted by atomic mass is 19.2. The first-order valence-corrected chi connectivity index (χ1v) is 7.28. The number of rotatable bonds is 5. The van der Waals surface area contributed by atoms with Crippen LogP contribution in [-0.4, -0.2) is 21.3 Å². The van der Waals surface area contributed by atoms with Crippen molar-refractivity contribution in [1.82, 2.24) is 9.55 Å². The first-order valence-electron chi connectivity index (χ1n) is 7.28. The van der Waals surface area contributed by atoms with Crippen LogP contribution >= 0.6 is 0 Å². The number of hydrogen-bond donors (Lipinski definition) is 1. The lowest BCUT2D eigenvalue weighted by Gasteiger charge is -2.08. The summed E-state index contributed by atoms with van der Waals surface area (Å²) in [5.41, 5.74) is 1.68. The van der Waals surface area contributed by atoms with Crippen molar-refractivity contribution in [2.24, 2.45) is 0 Å². The summed E-state index contributed by atoms with van der Waals surface area (Å²) in [7, 11) is 0. The molecule has 0 aliphatic rings. The van der Waals surface area contributed by atoms with Gasteiger partial charge < -0.3 is 9.67 Å². The molecule has 0 unspecified atom stereocenters. The molecule has 0 saturated heterocycles. The summed E-state index contributed by atoms with van der Waals surface area (Å²) in [6.07, 6.45) is 0.879. The van der Waals surface area contributed by atoms with Gasteiger partial charge in [-0.25, -0.2) is 18.2 Å². The van der Waals surface area contributed by atoms with E-state index in [4.69, 9.17) is 5.11 Å². The monoisotopic (exact) mass is 320 g/mol. The van der Waals surface area contributed by atoms with E-state index in [1.807, 2.05) is 0 Å². The predicted molar refractivity (Wildman–Crippen MR) is 80.6 cm³/mol. The zero-order valence-electron chi connectivity index (χ0n) is 12.3. The molecule has 3 nitrogen and oxygen atoms in total. The Hall–Kier alpha value is -2.34. The third-order valence-corrected chi connectivity index (χ3v) is 3.68. The second-order valence-corrected chi connectivity index (χ2v) is 5.32. The number of aryl methyl sites for hydroxylation is 1. The molecule has 6 heteroatoms. The lowest BCUT2D eigenvalue weighted by Crippen LogP contribution is -2.06. The molecule has 3 aromatic rings. The molecule has 0 radical (unpaired) electrons. The second kappa shape index (κ2) is 6.42. The minimum atomic E-state index is -0.947. The van der Waals surface area contributed by atoms with Gasteiger partial charge in [-0.1, -0.05) is 12.1 Å². The van der Waals surface area contributed by atoms with Crippen LogP contribution in [-0.2, 0) is 13.0 Å². The molecule has 3 rings (SSSR count). The number of halogens is 3. The molecular formula is C17H15F3N2O. The Morgan fingerprint density at radius 3 is 2.39 bits per heavy atom. The van der Waals surface area contributed by atoms with Crippen LogP contribution < -0.4 is 0 Å². The minimum Gasteiger partial charge on any atom is -0.396 e. The SMILES string of the molecule is OCCCn1c(Cc2ccc(F)cc2)nc2cc(F)c(F)cc21. The molecule has 120 valence electrons. The Kier molecular flexibility index (Phi) is 4.34. The van der Waals surface area contributed by atoms with Gasteiger partial charge in [0.05, 0.1) is 11.0 Å². The fourth-order valence-corrected chi connectivity index (χ4v) is 2.57. The lowest BCUT2D eigenvalue weighted by molar-refractivity contribution is 0.280. The van der Waals surface area contributed by atoms with Crippen molar-refractivity contribution in [3.8, 4) is 0 Å². The molecule has 0 atom stereocenters. The zero-order valence-corrected chi connectivity index (χ0v) is 12.3. The van der Waals surface area contributed by atoms with Crippen molar-refractivity contribution in [2.45, 2.75) is 19.4 Å². The number of aromatic nitrogens is 2. The quantitative estimate of drug-likeness (QED) is 0.782. The van der Waals surface area contributed by atoms with Crippen molar-refractivity contribution < 1.29 is 18.3 Å². The van der Waals surface area contributed by atoms with Gasteiger partial charge in [-0.2, -0.15) is 0 Å². The number of fused-ring (bicyclic) bond motifs is 1. The van der Waals surface area contributed by atoms with Crippen molar-refractivity contribution in [3.63, 3.8) is 0 Å². The first-order chi connectivity index (χ1) is 11.1. The van der Waals surface area contributed by atoms with Gasteiger partial charge in [-0.05, 0) is 24.1 Å². The van der Waals surface area contributed by atoms with Gasteiger partial charge in [-0.15, -0.1) is 0 Å². The van der Waals surface area contributed by atoms with Crippen molar-refractivity contribution in [1.29, 1.82) is 0 Å². The van der Waals surface area contributed by atoms with Crippen molar-refractivity contribution in [3.05, 3.63) is 65.2 Å². The van der Waals surface area contributed by atoms with Gasteiger partial charge in [0, 0.05) is 31.7 Å². The standard InChI is InChI=1S/C17H15F3N2O/c18-12-4-2-11(3-5-12)8-17-21-15-9-13(19)14(20)10-16(15)22(17)6-1-7-23/h2-5,9-10,23H,1,6-8H2. The fourth-order valence-electron chi connectivity index (χ4n) is 2.57. The average molecular weight is 320 g/mol. The van der Waals surface area contributed by atoms with Crippen molar-refractivity contribution in [2.75, 3.05) is 6.61 Å². The summed E-state index contributed by atoms with van der Waals surface area (Å²) in [4.78, 5) is 4.37. The van der Waals surface area contributed by atoms with Gasteiger partial charge >= 0.3 is 0 Å². The lowest BCUT2D eigenvalue weighted by atomic mass is 10.1. The van der Waals surface area contributed by atoms with E-state index < -0.39 is 11.6 Å². The normalized spacial score (nSPS) is 11.3. The van der Waals surface area contributed by atoms with E-state index in [0.29, 0.717) is 36.2 Å². The molecular weight excluding hydrogens is 305 g/mol. The molecule has 0 fully saturated rings. The number of aliphatic hydroxyl groups excluding tert-OH is 1. The Morgan fingerprint density at radius 2 is 1.70 bits per heavy atom. The predicted octanol–water partition coefficient (Wildman–Crippen LogP) is 3.43. The fraction of sp³-hybridized carbons (Fsp3) is 0.235. The van der Waals surface area contributed by atoms with E-state index in [-0.39, 0.29) is 12.4 Å². The summed E-state index contributed by atoms with van der Waals surface area (Å²) in [5.74, 6) is -1.59.